The summed E-state index contributed by atoms with van der Waals surface area (Å²) in [7, 11) is 0. The van der Waals surface area contributed by atoms with Gasteiger partial charge in [-0.05, 0) is 44.2 Å². The molecule has 2 aliphatic heterocycles. The van der Waals surface area contributed by atoms with E-state index in [-0.39, 0.29) is 24.1 Å². The average molecular weight is 385 g/mol. The zero-order valence-corrected chi connectivity index (χ0v) is 16.7. The topological polar surface area (TPSA) is 86.8 Å². The highest BCUT2D eigenvalue weighted by Gasteiger charge is 2.47. The summed E-state index contributed by atoms with van der Waals surface area (Å²) in [6, 6.07) is 6.27. The minimum absolute atomic E-state index is 0.0413. The summed E-state index contributed by atoms with van der Waals surface area (Å²) < 4.78 is 0. The summed E-state index contributed by atoms with van der Waals surface area (Å²) in [6.07, 6.45) is 2.65. The molecule has 0 unspecified atom stereocenters. The van der Waals surface area contributed by atoms with Crippen LogP contribution in [0.25, 0.3) is 0 Å². The monoisotopic (exact) mass is 385 g/mol. The molecule has 2 heterocycles. The van der Waals surface area contributed by atoms with Gasteiger partial charge in [0.15, 0.2) is 5.78 Å². The first-order chi connectivity index (χ1) is 13.2. The minimum atomic E-state index is -0.967. The summed E-state index contributed by atoms with van der Waals surface area (Å²) in [6.45, 7) is 6.16. The molecule has 3 rings (SSSR count). The third-order valence-corrected chi connectivity index (χ3v) is 5.42. The van der Waals surface area contributed by atoms with Crippen molar-refractivity contribution in [3.8, 4) is 0 Å². The first-order valence-electron chi connectivity index (χ1n) is 9.79. The maximum atomic E-state index is 12.8. The Morgan fingerprint density at radius 3 is 2.64 bits per heavy atom. The molecule has 0 aliphatic carbocycles. The number of urea groups is 1. The maximum Gasteiger partial charge on any atom is 0.325 e. The fraction of sp³-hybridized carbons (Fsp3) is 0.524. The number of rotatable bonds is 7. The van der Waals surface area contributed by atoms with E-state index in [0.29, 0.717) is 36.6 Å². The highest BCUT2D eigenvalue weighted by atomic mass is 16.2. The van der Waals surface area contributed by atoms with Crippen molar-refractivity contribution in [1.82, 2.24) is 10.2 Å². The van der Waals surface area contributed by atoms with E-state index in [2.05, 4.69) is 19.2 Å². The molecular weight excluding hydrogens is 358 g/mol. The molecule has 1 atom stereocenters. The number of amides is 4. The first kappa shape index (κ1) is 20.0. The molecule has 2 fully saturated rings. The molecular formula is C21H27N3O4. The number of hydrogen-bond acceptors (Lipinski definition) is 4. The van der Waals surface area contributed by atoms with Crippen LogP contribution in [0.5, 0.6) is 0 Å². The molecule has 0 bridgehead atoms. The van der Waals surface area contributed by atoms with Gasteiger partial charge in [0.25, 0.3) is 5.91 Å². The van der Waals surface area contributed by atoms with Crippen molar-refractivity contribution >= 4 is 29.3 Å². The smallest absolute Gasteiger partial charge is 0.323 e. The standard InChI is InChI=1S/C21H27N3O4/c1-14(2)9-10-21(3)19(27)24(20(28)22-21)13-17(25)15-6-4-7-16(12-15)23-11-5-8-18(23)26/h4,6-7,12,14H,5,8-11,13H2,1-3H3,(H,22,28)/t21-/m1/s1. The van der Waals surface area contributed by atoms with Crippen LogP contribution in [0.1, 0.15) is 56.8 Å². The maximum absolute atomic E-state index is 12.8. The van der Waals surface area contributed by atoms with E-state index >= 15 is 0 Å². The number of carbonyl (C=O) groups excluding carboxylic acids is 4. The van der Waals surface area contributed by atoms with Gasteiger partial charge < -0.3 is 10.2 Å². The number of nitrogens with one attached hydrogen (secondary N) is 1. The van der Waals surface area contributed by atoms with Crippen molar-refractivity contribution in [2.75, 3.05) is 18.0 Å². The second-order valence-corrected chi connectivity index (χ2v) is 8.21. The van der Waals surface area contributed by atoms with E-state index in [1.807, 2.05) is 0 Å². The van der Waals surface area contributed by atoms with Crippen LogP contribution in [-0.2, 0) is 9.59 Å². The molecule has 0 aromatic heterocycles. The molecule has 0 saturated carbocycles. The fourth-order valence-corrected chi connectivity index (χ4v) is 3.64. The molecule has 150 valence electrons. The highest BCUT2D eigenvalue weighted by molar-refractivity contribution is 6.11. The Labute approximate surface area is 165 Å². The van der Waals surface area contributed by atoms with Gasteiger partial charge in [0, 0.05) is 24.2 Å². The van der Waals surface area contributed by atoms with Crippen LogP contribution in [0, 0.1) is 5.92 Å². The molecule has 28 heavy (non-hydrogen) atoms. The van der Waals surface area contributed by atoms with Gasteiger partial charge in [-0.2, -0.15) is 0 Å². The zero-order valence-electron chi connectivity index (χ0n) is 16.7. The molecule has 2 saturated heterocycles. The number of nitrogens with zero attached hydrogens (tertiary/aromatic N) is 2. The largest absolute Gasteiger partial charge is 0.325 e. The molecule has 4 amide bonds. The van der Waals surface area contributed by atoms with Crippen LogP contribution < -0.4 is 10.2 Å². The number of anilines is 1. The Morgan fingerprint density at radius 2 is 2.00 bits per heavy atom. The Bertz CT molecular complexity index is 820. The summed E-state index contributed by atoms with van der Waals surface area (Å²) in [5.41, 5.74) is 0.0896. The molecule has 7 heteroatoms. The van der Waals surface area contributed by atoms with Crippen LogP contribution >= 0.6 is 0 Å². The van der Waals surface area contributed by atoms with Crippen molar-refractivity contribution in [3.63, 3.8) is 0 Å². The quantitative estimate of drug-likeness (QED) is 0.578. The van der Waals surface area contributed by atoms with Crippen molar-refractivity contribution in [3.05, 3.63) is 29.8 Å². The number of Topliss-reactive ketones (excluding diaryl/α,β-unsaturated/α-hetero) is 1. The fourth-order valence-electron chi connectivity index (χ4n) is 3.64. The van der Waals surface area contributed by atoms with Crippen molar-refractivity contribution in [2.45, 2.75) is 52.0 Å². The Morgan fingerprint density at radius 1 is 1.25 bits per heavy atom. The number of carbonyl (C=O) groups is 4. The second-order valence-electron chi connectivity index (χ2n) is 8.21. The molecule has 1 N–H and O–H groups in total. The lowest BCUT2D eigenvalue weighted by atomic mass is 9.92. The normalized spacial score (nSPS) is 22.4. The third-order valence-electron chi connectivity index (χ3n) is 5.42. The van der Waals surface area contributed by atoms with Crippen LogP contribution in [0.15, 0.2) is 24.3 Å². The lowest BCUT2D eigenvalue weighted by Gasteiger charge is -2.22. The SMILES string of the molecule is CC(C)CC[C@@]1(C)NC(=O)N(CC(=O)c2cccc(N3CCCC3=O)c2)C1=O. The predicted octanol–water partition coefficient (Wildman–Crippen LogP) is 2.74. The van der Waals surface area contributed by atoms with Crippen molar-refractivity contribution < 1.29 is 19.2 Å². The molecule has 1 aromatic carbocycles. The summed E-state index contributed by atoms with van der Waals surface area (Å²) in [5.74, 6) is -0.240. The average Bonchev–Trinajstić information content (AvgIpc) is 3.17. The van der Waals surface area contributed by atoms with E-state index in [1.165, 1.54) is 0 Å². The van der Waals surface area contributed by atoms with E-state index in [0.717, 1.165) is 17.7 Å². The van der Waals surface area contributed by atoms with Gasteiger partial charge in [-0.15, -0.1) is 0 Å². The number of ketones is 1. The first-order valence-corrected chi connectivity index (χ1v) is 9.79. The predicted molar refractivity (Wildman–Crippen MR) is 105 cm³/mol. The molecule has 0 radical (unpaired) electrons. The highest BCUT2D eigenvalue weighted by Crippen LogP contribution is 2.26. The Balaban J connectivity index is 1.72. The number of benzene rings is 1. The van der Waals surface area contributed by atoms with Gasteiger partial charge in [0.1, 0.15) is 5.54 Å². The van der Waals surface area contributed by atoms with Gasteiger partial charge >= 0.3 is 6.03 Å². The molecule has 1 aromatic rings. The number of imide groups is 1. The molecule has 0 spiro atoms. The number of hydrogen-bond donors (Lipinski definition) is 1. The summed E-state index contributed by atoms with van der Waals surface area (Å²) in [5, 5.41) is 2.74. The lowest BCUT2D eigenvalue weighted by Crippen LogP contribution is -2.44. The van der Waals surface area contributed by atoms with E-state index < -0.39 is 11.6 Å². The van der Waals surface area contributed by atoms with Gasteiger partial charge in [-0.25, -0.2) is 4.79 Å². The van der Waals surface area contributed by atoms with E-state index in [1.54, 1.807) is 36.1 Å². The minimum Gasteiger partial charge on any atom is -0.323 e. The Hall–Kier alpha value is -2.70. The van der Waals surface area contributed by atoms with Crippen LogP contribution in [0.3, 0.4) is 0 Å². The molecule has 2 aliphatic rings. The van der Waals surface area contributed by atoms with E-state index in [9.17, 15) is 19.2 Å². The molecule has 7 nitrogen and oxygen atoms in total. The summed E-state index contributed by atoms with van der Waals surface area (Å²) in [4.78, 5) is 52.4. The van der Waals surface area contributed by atoms with Crippen molar-refractivity contribution in [2.24, 2.45) is 5.92 Å². The van der Waals surface area contributed by atoms with Gasteiger partial charge in [-0.1, -0.05) is 26.0 Å². The van der Waals surface area contributed by atoms with Gasteiger partial charge in [-0.3, -0.25) is 19.3 Å². The third kappa shape index (κ3) is 3.93. The Kier molecular flexibility index (Phi) is 5.54. The van der Waals surface area contributed by atoms with E-state index in [4.69, 9.17) is 0 Å². The van der Waals surface area contributed by atoms with Crippen LogP contribution in [0.2, 0.25) is 0 Å². The van der Waals surface area contributed by atoms with Crippen LogP contribution in [0.4, 0.5) is 10.5 Å². The second kappa shape index (κ2) is 7.73. The van der Waals surface area contributed by atoms with Gasteiger partial charge in [0.05, 0.1) is 6.54 Å². The lowest BCUT2D eigenvalue weighted by molar-refractivity contribution is -0.130. The van der Waals surface area contributed by atoms with Crippen molar-refractivity contribution in [1.29, 1.82) is 0 Å². The van der Waals surface area contributed by atoms with Gasteiger partial charge in [0.2, 0.25) is 5.91 Å². The summed E-state index contributed by atoms with van der Waals surface area (Å²) >= 11 is 0. The van der Waals surface area contributed by atoms with Crippen LogP contribution in [-0.4, -0.2) is 47.2 Å². The zero-order chi connectivity index (χ0) is 20.5.